The predicted molar refractivity (Wildman–Crippen MR) is 94.9 cm³/mol. The van der Waals surface area contributed by atoms with Gasteiger partial charge in [0.25, 0.3) is 11.8 Å². The molecule has 2 N–H and O–H groups in total. The molecule has 1 aromatic carbocycles. The molecule has 3 rings (SSSR count). The van der Waals surface area contributed by atoms with Crippen LogP contribution in [0.5, 0.6) is 0 Å². The Kier molecular flexibility index (Phi) is 4.41. The van der Waals surface area contributed by atoms with E-state index in [-0.39, 0.29) is 5.57 Å². The summed E-state index contributed by atoms with van der Waals surface area (Å²) in [6.45, 7) is 3.74. The van der Waals surface area contributed by atoms with E-state index in [0.29, 0.717) is 15.6 Å². The van der Waals surface area contributed by atoms with E-state index in [9.17, 15) is 14.4 Å². The number of carbonyl (C=O) groups excluding carboxylic acids is 3. The van der Waals surface area contributed by atoms with E-state index in [4.69, 9.17) is 23.2 Å². The maximum absolute atomic E-state index is 11.9. The summed E-state index contributed by atoms with van der Waals surface area (Å²) < 4.78 is 1.93. The number of nitrogens with one attached hydrogen (secondary N) is 2. The smallest absolute Gasteiger partial charge is 0.318 e. The van der Waals surface area contributed by atoms with Crippen molar-refractivity contribution in [2.24, 2.45) is 0 Å². The summed E-state index contributed by atoms with van der Waals surface area (Å²) in [6.07, 6.45) is 1.45. The van der Waals surface area contributed by atoms with Gasteiger partial charge in [0.2, 0.25) is 0 Å². The second-order valence-electron chi connectivity index (χ2n) is 5.56. The maximum Gasteiger partial charge on any atom is 0.328 e. The van der Waals surface area contributed by atoms with Gasteiger partial charge in [-0.15, -0.1) is 0 Å². The summed E-state index contributed by atoms with van der Waals surface area (Å²) >= 11 is 12.0. The van der Waals surface area contributed by atoms with E-state index in [1.807, 2.05) is 41.2 Å². The molecule has 0 saturated carbocycles. The molecule has 0 spiro atoms. The molecule has 0 aliphatic carbocycles. The van der Waals surface area contributed by atoms with Crippen molar-refractivity contribution in [3.8, 4) is 5.69 Å². The average molecular weight is 378 g/mol. The third-order valence-corrected chi connectivity index (χ3v) is 4.61. The summed E-state index contributed by atoms with van der Waals surface area (Å²) in [6, 6.07) is 6.27. The SMILES string of the molecule is Cc1cc(C=C2C(=O)NC(=O)NC2=O)c(C)n1-c1ccc(Cl)c(Cl)c1. The largest absolute Gasteiger partial charge is 0.328 e. The molecule has 0 radical (unpaired) electrons. The molecule has 2 aromatic rings. The van der Waals surface area contributed by atoms with Crippen molar-refractivity contribution in [1.82, 2.24) is 15.2 Å². The zero-order valence-electron chi connectivity index (χ0n) is 13.3. The van der Waals surface area contributed by atoms with Crippen molar-refractivity contribution < 1.29 is 14.4 Å². The lowest BCUT2D eigenvalue weighted by Gasteiger charge is -2.14. The van der Waals surface area contributed by atoms with Gasteiger partial charge in [0.15, 0.2) is 0 Å². The summed E-state index contributed by atoms with van der Waals surface area (Å²) in [5.74, 6) is -1.46. The molecule has 0 unspecified atom stereocenters. The Morgan fingerprint density at radius 1 is 0.960 bits per heavy atom. The predicted octanol–water partition coefficient (Wildman–Crippen LogP) is 3.15. The molecule has 0 atom stereocenters. The molecule has 1 aliphatic rings. The Hall–Kier alpha value is -2.57. The molecule has 1 fully saturated rings. The molecular formula is C17H13Cl2N3O3. The van der Waals surface area contributed by atoms with Gasteiger partial charge in [-0.25, -0.2) is 4.79 Å². The minimum atomic E-state index is -0.826. The van der Waals surface area contributed by atoms with Crippen LogP contribution in [-0.4, -0.2) is 22.4 Å². The number of benzene rings is 1. The van der Waals surface area contributed by atoms with Crippen LogP contribution >= 0.6 is 23.2 Å². The van der Waals surface area contributed by atoms with E-state index in [2.05, 4.69) is 0 Å². The number of aryl methyl sites for hydroxylation is 1. The lowest BCUT2D eigenvalue weighted by Crippen LogP contribution is -2.51. The Labute approximate surface area is 153 Å². The highest BCUT2D eigenvalue weighted by Gasteiger charge is 2.28. The number of aromatic nitrogens is 1. The topological polar surface area (TPSA) is 80.2 Å². The van der Waals surface area contributed by atoms with Gasteiger partial charge in [0, 0.05) is 17.1 Å². The van der Waals surface area contributed by atoms with Crippen LogP contribution in [0.4, 0.5) is 4.79 Å². The minimum Gasteiger partial charge on any atom is -0.318 e. The van der Waals surface area contributed by atoms with E-state index < -0.39 is 17.8 Å². The summed E-state index contributed by atoms with van der Waals surface area (Å²) in [5, 5.41) is 4.98. The number of imide groups is 2. The quantitative estimate of drug-likeness (QED) is 0.622. The van der Waals surface area contributed by atoms with Gasteiger partial charge >= 0.3 is 6.03 Å². The van der Waals surface area contributed by atoms with Crippen molar-refractivity contribution in [1.29, 1.82) is 0 Å². The van der Waals surface area contributed by atoms with Crippen molar-refractivity contribution in [3.05, 3.63) is 56.8 Å². The van der Waals surface area contributed by atoms with Gasteiger partial charge in [-0.1, -0.05) is 23.2 Å². The van der Waals surface area contributed by atoms with Crippen molar-refractivity contribution >= 4 is 47.1 Å². The van der Waals surface area contributed by atoms with Crippen LogP contribution in [0.3, 0.4) is 0 Å². The fourth-order valence-corrected chi connectivity index (χ4v) is 3.01. The highest BCUT2D eigenvalue weighted by molar-refractivity contribution is 6.42. The standard InChI is InChI=1S/C17H13Cl2N3O3/c1-8-5-10(6-12-15(23)20-17(25)21-16(12)24)9(2)22(8)11-3-4-13(18)14(19)7-11/h3-7H,1-2H3,(H2,20,21,23,24,25). The molecule has 4 amide bonds. The van der Waals surface area contributed by atoms with Gasteiger partial charge in [-0.2, -0.15) is 0 Å². The first-order valence-electron chi connectivity index (χ1n) is 7.30. The number of carbonyl (C=O) groups is 3. The van der Waals surface area contributed by atoms with E-state index >= 15 is 0 Å². The Morgan fingerprint density at radius 2 is 1.60 bits per heavy atom. The number of urea groups is 1. The van der Waals surface area contributed by atoms with Gasteiger partial charge in [0.1, 0.15) is 5.57 Å². The molecule has 0 bridgehead atoms. The fourth-order valence-electron chi connectivity index (χ4n) is 2.72. The molecule has 128 valence electrons. The van der Waals surface area contributed by atoms with Gasteiger partial charge in [0.05, 0.1) is 10.0 Å². The lowest BCUT2D eigenvalue weighted by atomic mass is 10.1. The van der Waals surface area contributed by atoms with Crippen LogP contribution in [0.25, 0.3) is 11.8 Å². The molecule has 6 nitrogen and oxygen atoms in total. The molecular weight excluding hydrogens is 365 g/mol. The zero-order chi connectivity index (χ0) is 18.3. The molecule has 2 heterocycles. The number of barbiturate groups is 1. The van der Waals surface area contributed by atoms with Gasteiger partial charge in [-0.05, 0) is 49.8 Å². The second kappa shape index (κ2) is 6.38. The van der Waals surface area contributed by atoms with Crippen LogP contribution < -0.4 is 10.6 Å². The van der Waals surface area contributed by atoms with Crippen molar-refractivity contribution in [3.63, 3.8) is 0 Å². The summed E-state index contributed by atoms with van der Waals surface area (Å²) in [7, 11) is 0. The first-order valence-corrected chi connectivity index (χ1v) is 8.06. The summed E-state index contributed by atoms with van der Waals surface area (Å²) in [5.41, 5.74) is 3.05. The van der Waals surface area contributed by atoms with E-state index in [0.717, 1.165) is 17.1 Å². The maximum atomic E-state index is 11.9. The number of nitrogens with zero attached hydrogens (tertiary/aromatic N) is 1. The van der Waals surface area contributed by atoms with Gasteiger partial charge in [-0.3, -0.25) is 20.2 Å². The van der Waals surface area contributed by atoms with E-state index in [1.165, 1.54) is 6.08 Å². The Bertz CT molecular complexity index is 938. The van der Waals surface area contributed by atoms with Crippen LogP contribution in [0.1, 0.15) is 17.0 Å². The molecule has 25 heavy (non-hydrogen) atoms. The number of hydrogen-bond donors (Lipinski definition) is 2. The Morgan fingerprint density at radius 3 is 2.20 bits per heavy atom. The molecule has 1 saturated heterocycles. The second-order valence-corrected chi connectivity index (χ2v) is 6.37. The van der Waals surface area contributed by atoms with Crippen LogP contribution in [0.15, 0.2) is 29.8 Å². The number of hydrogen-bond acceptors (Lipinski definition) is 3. The molecule has 1 aliphatic heterocycles. The van der Waals surface area contributed by atoms with Crippen molar-refractivity contribution in [2.45, 2.75) is 13.8 Å². The average Bonchev–Trinajstić information content (AvgIpc) is 2.80. The zero-order valence-corrected chi connectivity index (χ0v) is 14.8. The molecule has 1 aromatic heterocycles. The first-order chi connectivity index (χ1) is 11.8. The minimum absolute atomic E-state index is 0.131. The van der Waals surface area contributed by atoms with Crippen LogP contribution in [-0.2, 0) is 9.59 Å². The van der Waals surface area contributed by atoms with Crippen molar-refractivity contribution in [2.75, 3.05) is 0 Å². The number of amides is 4. The van der Waals surface area contributed by atoms with Gasteiger partial charge < -0.3 is 4.57 Å². The summed E-state index contributed by atoms with van der Waals surface area (Å²) in [4.78, 5) is 34.9. The lowest BCUT2D eigenvalue weighted by molar-refractivity contribution is -0.123. The highest BCUT2D eigenvalue weighted by Crippen LogP contribution is 2.28. The Balaban J connectivity index is 2.07. The van der Waals surface area contributed by atoms with Crippen LogP contribution in [0, 0.1) is 13.8 Å². The third kappa shape index (κ3) is 3.18. The normalized spacial score (nSPS) is 14.4. The first kappa shape index (κ1) is 17.3. The number of halogens is 2. The highest BCUT2D eigenvalue weighted by atomic mass is 35.5. The van der Waals surface area contributed by atoms with E-state index in [1.54, 1.807) is 12.1 Å². The molecule has 8 heteroatoms. The monoisotopic (exact) mass is 377 g/mol. The fraction of sp³-hybridized carbons (Fsp3) is 0.118. The van der Waals surface area contributed by atoms with Crippen LogP contribution in [0.2, 0.25) is 10.0 Å². The third-order valence-electron chi connectivity index (χ3n) is 3.87. The number of rotatable bonds is 2.